The van der Waals surface area contributed by atoms with Crippen molar-refractivity contribution in [2.45, 2.75) is 102 Å². The lowest BCUT2D eigenvalue weighted by Gasteiger charge is -2.51. The van der Waals surface area contributed by atoms with Gasteiger partial charge in [0.25, 0.3) is 0 Å². The highest BCUT2D eigenvalue weighted by Crippen LogP contribution is 2.51. The predicted octanol–water partition coefficient (Wildman–Crippen LogP) is 4.30. The van der Waals surface area contributed by atoms with Gasteiger partial charge in [0, 0.05) is 37.8 Å². The summed E-state index contributed by atoms with van der Waals surface area (Å²) in [5.74, 6) is 10.2. The van der Waals surface area contributed by atoms with Crippen molar-refractivity contribution < 1.29 is 29.6 Å². The number of nitrogens with one attached hydrogen (secondary N) is 1. The molecule has 0 amide bonds. The number of aliphatic hydroxyl groups excluding tert-OH is 2. The fraction of sp³-hybridized carbons (Fsp3) is 0.714. The number of aryl methyl sites for hydroxylation is 1. The smallest absolute Gasteiger partial charge is 0.160 e. The fourth-order valence-electron chi connectivity index (χ4n) is 9.39. The molecule has 1 spiro atoms. The number of hydrogen-bond acceptors (Lipinski definition) is 7. The molecule has 1 aromatic rings. The van der Waals surface area contributed by atoms with Crippen molar-refractivity contribution in [3.63, 3.8) is 0 Å². The molecule has 0 bridgehead atoms. The molecule has 5 aliphatic rings. The number of ketones is 2. The zero-order valence-electron chi connectivity index (χ0n) is 24.9. The molecule has 0 aromatic heterocycles. The Morgan fingerprint density at radius 2 is 1.86 bits per heavy atom. The Hall–Kier alpha value is -2.40. The number of hydrogen-bond donors (Lipinski definition) is 4. The molecule has 4 fully saturated rings. The Bertz CT molecular complexity index is 1250. The van der Waals surface area contributed by atoms with Crippen molar-refractivity contribution in [1.29, 1.82) is 0 Å². The number of phenolic OH excluding ortho intramolecular Hbond substituents is 1. The lowest BCUT2D eigenvalue weighted by atomic mass is 9.57. The van der Waals surface area contributed by atoms with E-state index in [1.807, 2.05) is 0 Å². The van der Waals surface area contributed by atoms with Gasteiger partial charge in [-0.3, -0.25) is 9.59 Å². The molecule has 3 saturated carbocycles. The van der Waals surface area contributed by atoms with E-state index in [-0.39, 0.29) is 30.5 Å². The molecule has 6 rings (SSSR count). The van der Waals surface area contributed by atoms with Crippen molar-refractivity contribution in [3.8, 4) is 23.3 Å². The van der Waals surface area contributed by atoms with Gasteiger partial charge in [-0.1, -0.05) is 11.8 Å². The van der Waals surface area contributed by atoms with Crippen LogP contribution >= 0.6 is 0 Å². The molecule has 0 radical (unpaired) electrons. The van der Waals surface area contributed by atoms with Crippen molar-refractivity contribution >= 4 is 11.6 Å². The number of aliphatic hydroxyl groups is 2. The summed E-state index contributed by atoms with van der Waals surface area (Å²) < 4.78 is 5.35. The number of benzene rings is 1. The first-order valence-electron chi connectivity index (χ1n) is 16.3. The van der Waals surface area contributed by atoms with Gasteiger partial charge in [-0.25, -0.2) is 0 Å². The van der Waals surface area contributed by atoms with Crippen LogP contribution in [-0.4, -0.2) is 59.3 Å². The van der Waals surface area contributed by atoms with E-state index in [9.17, 15) is 24.9 Å². The van der Waals surface area contributed by atoms with Crippen molar-refractivity contribution in [2.75, 3.05) is 20.3 Å². The number of aromatic hydroxyl groups is 1. The summed E-state index contributed by atoms with van der Waals surface area (Å²) >= 11 is 0. The summed E-state index contributed by atoms with van der Waals surface area (Å²) in [6.45, 7) is 1.04. The topological polar surface area (TPSA) is 116 Å². The Morgan fingerprint density at radius 1 is 1.02 bits per heavy atom. The molecule has 7 nitrogen and oxygen atoms in total. The quantitative estimate of drug-likeness (QED) is 0.386. The van der Waals surface area contributed by atoms with Crippen LogP contribution in [0.2, 0.25) is 0 Å². The predicted molar refractivity (Wildman–Crippen MR) is 159 cm³/mol. The van der Waals surface area contributed by atoms with Gasteiger partial charge >= 0.3 is 0 Å². The van der Waals surface area contributed by atoms with E-state index in [0.29, 0.717) is 85.7 Å². The van der Waals surface area contributed by atoms with E-state index >= 15 is 0 Å². The number of ether oxygens (including phenoxy) is 1. The third-order valence-corrected chi connectivity index (χ3v) is 11.7. The van der Waals surface area contributed by atoms with Crippen molar-refractivity contribution in [1.82, 2.24) is 5.32 Å². The molecular weight excluding hydrogens is 530 g/mol. The summed E-state index contributed by atoms with van der Waals surface area (Å²) in [6, 6.07) is 3.87. The van der Waals surface area contributed by atoms with Crippen LogP contribution < -0.4 is 10.1 Å². The van der Waals surface area contributed by atoms with E-state index in [4.69, 9.17) is 4.74 Å². The van der Waals surface area contributed by atoms with Crippen LogP contribution in [0, 0.1) is 46.8 Å². The summed E-state index contributed by atoms with van der Waals surface area (Å²) in [5, 5.41) is 35.5. The molecule has 9 atom stereocenters. The summed E-state index contributed by atoms with van der Waals surface area (Å²) in [5.41, 5.74) is 0.746. The molecule has 1 aliphatic heterocycles. The first-order chi connectivity index (χ1) is 20.3. The highest BCUT2D eigenvalue weighted by Gasteiger charge is 2.51. The third kappa shape index (κ3) is 5.51. The van der Waals surface area contributed by atoms with Gasteiger partial charge in [-0.05, 0) is 124 Å². The molecule has 7 heteroatoms. The number of piperidine rings is 1. The minimum absolute atomic E-state index is 0.0137. The van der Waals surface area contributed by atoms with Gasteiger partial charge in [-0.2, -0.15) is 0 Å². The minimum atomic E-state index is -1.06. The lowest BCUT2D eigenvalue weighted by Crippen LogP contribution is -2.55. The van der Waals surface area contributed by atoms with E-state index in [1.54, 1.807) is 12.1 Å². The molecule has 4 aliphatic carbocycles. The van der Waals surface area contributed by atoms with Gasteiger partial charge in [0.05, 0.1) is 13.2 Å². The van der Waals surface area contributed by atoms with Gasteiger partial charge in [-0.15, -0.1) is 0 Å². The maximum atomic E-state index is 13.9. The summed E-state index contributed by atoms with van der Waals surface area (Å²) in [7, 11) is 1.51. The Balaban J connectivity index is 1.18. The molecule has 9 unspecified atom stereocenters. The van der Waals surface area contributed by atoms with Gasteiger partial charge in [0.15, 0.2) is 17.3 Å². The summed E-state index contributed by atoms with van der Waals surface area (Å²) in [6.07, 6.45) is 9.27. The average Bonchev–Trinajstić information content (AvgIpc) is 3.04. The third-order valence-electron chi connectivity index (χ3n) is 11.7. The number of fused-ring (bicyclic) bond motifs is 4. The number of methoxy groups -OCH3 is 1. The lowest BCUT2D eigenvalue weighted by molar-refractivity contribution is -0.135. The number of carbonyl (C=O) groups excluding carboxylic acids is 2. The highest BCUT2D eigenvalue weighted by atomic mass is 16.5. The number of carbonyl (C=O) groups is 2. The largest absolute Gasteiger partial charge is 0.504 e. The monoisotopic (exact) mass is 577 g/mol. The standard InChI is InChI=1S/C35H47NO6/c1-42-32-16-24-5-9-33(40)35(12-10-21(3-2-14-37)29(24)19-31(32)39)13-11-23(17-34(35)41)22-4-7-27-25(15-22)20-36-30-18-26(38)6-8-28(27)30/h16,19,21-23,25,27-28,30,34,36-37,39,41H,2-9,11,13-15,17-18,20H2,1H3. The van der Waals surface area contributed by atoms with E-state index in [1.165, 1.54) is 26.4 Å². The van der Waals surface area contributed by atoms with Gasteiger partial charge in [0.2, 0.25) is 0 Å². The second-order valence-corrected chi connectivity index (χ2v) is 13.8. The van der Waals surface area contributed by atoms with Crippen molar-refractivity contribution in [3.05, 3.63) is 23.3 Å². The van der Waals surface area contributed by atoms with E-state index < -0.39 is 11.5 Å². The number of Topliss-reactive ketones (excluding diaryl/α,β-unsaturated/α-hetero) is 2. The van der Waals surface area contributed by atoms with Gasteiger partial charge < -0.3 is 25.4 Å². The van der Waals surface area contributed by atoms with E-state index in [2.05, 4.69) is 17.2 Å². The normalized spacial score (nSPS) is 38.2. The van der Waals surface area contributed by atoms with Crippen LogP contribution in [-0.2, 0) is 16.0 Å². The second-order valence-electron chi connectivity index (χ2n) is 13.8. The average molecular weight is 578 g/mol. The fourth-order valence-corrected chi connectivity index (χ4v) is 9.39. The molecule has 228 valence electrons. The number of phenols is 1. The number of rotatable bonds is 5. The summed E-state index contributed by atoms with van der Waals surface area (Å²) in [4.78, 5) is 25.9. The Morgan fingerprint density at radius 3 is 2.64 bits per heavy atom. The molecule has 1 aromatic carbocycles. The maximum Gasteiger partial charge on any atom is 0.160 e. The Kier molecular flexibility index (Phi) is 8.69. The van der Waals surface area contributed by atoms with Crippen LogP contribution in [0.1, 0.15) is 94.1 Å². The van der Waals surface area contributed by atoms with Crippen LogP contribution in [0.25, 0.3) is 0 Å². The SMILES string of the molecule is COc1cc2c(cc1O)C(CCCO)C#CC1(CCC(C3CCC4C(CNC5CC(=O)CCC54)C3)CC1O)C(=O)CC2. The zero-order chi connectivity index (χ0) is 29.4. The van der Waals surface area contributed by atoms with Crippen molar-refractivity contribution in [2.24, 2.45) is 35.0 Å². The van der Waals surface area contributed by atoms with E-state index in [0.717, 1.165) is 36.9 Å². The van der Waals surface area contributed by atoms with Crippen LogP contribution in [0.5, 0.6) is 11.5 Å². The van der Waals surface area contributed by atoms with Crippen LogP contribution in [0.3, 0.4) is 0 Å². The first-order valence-corrected chi connectivity index (χ1v) is 16.3. The second kappa shape index (κ2) is 12.3. The molecule has 1 heterocycles. The Labute approximate surface area is 249 Å². The van der Waals surface area contributed by atoms with Crippen LogP contribution in [0.4, 0.5) is 0 Å². The molecule has 1 saturated heterocycles. The first kappa shape index (κ1) is 29.7. The minimum Gasteiger partial charge on any atom is -0.504 e. The zero-order valence-corrected chi connectivity index (χ0v) is 24.9. The molecular formula is C35H47NO6. The molecule has 42 heavy (non-hydrogen) atoms. The van der Waals surface area contributed by atoms with Gasteiger partial charge in [0.1, 0.15) is 11.2 Å². The molecule has 4 N–H and O–H groups in total. The van der Waals surface area contributed by atoms with Crippen LogP contribution in [0.15, 0.2) is 12.1 Å². The highest BCUT2D eigenvalue weighted by molar-refractivity contribution is 5.89. The maximum absolute atomic E-state index is 13.9.